The van der Waals surface area contributed by atoms with E-state index in [0.29, 0.717) is 11.6 Å². The van der Waals surface area contributed by atoms with Crippen LogP contribution in [-0.2, 0) is 6.18 Å². The van der Waals surface area contributed by atoms with Crippen LogP contribution < -0.4 is 5.32 Å². The molecule has 1 atom stereocenters. The van der Waals surface area contributed by atoms with Crippen LogP contribution in [0.2, 0.25) is 5.02 Å². The third-order valence-corrected chi connectivity index (χ3v) is 5.81. The summed E-state index contributed by atoms with van der Waals surface area (Å²) >= 11 is 6.03. The number of nitrogens with zero attached hydrogens (tertiary/aromatic N) is 3. The Balaban J connectivity index is 1.56. The van der Waals surface area contributed by atoms with Gasteiger partial charge in [0.2, 0.25) is 0 Å². The highest BCUT2D eigenvalue weighted by atomic mass is 35.5. The zero-order chi connectivity index (χ0) is 22.0. The first-order chi connectivity index (χ1) is 14.8. The van der Waals surface area contributed by atoms with Gasteiger partial charge in [0, 0.05) is 17.8 Å². The van der Waals surface area contributed by atoms with E-state index in [1.54, 1.807) is 0 Å². The zero-order valence-corrected chi connectivity index (χ0v) is 17.5. The highest BCUT2D eigenvalue weighted by Gasteiger charge is 2.34. The molecule has 9 heteroatoms. The van der Waals surface area contributed by atoms with Gasteiger partial charge in [0.05, 0.1) is 6.04 Å². The van der Waals surface area contributed by atoms with E-state index in [2.05, 4.69) is 15.2 Å². The molecule has 3 aromatic rings. The molecule has 0 aliphatic carbocycles. The highest BCUT2D eigenvalue weighted by molar-refractivity contribution is 6.30. The number of halogens is 4. The smallest absolute Gasteiger partial charge is 0.349 e. The van der Waals surface area contributed by atoms with Gasteiger partial charge in [0.25, 0.3) is 5.91 Å². The maximum absolute atomic E-state index is 13.0. The van der Waals surface area contributed by atoms with Crippen molar-refractivity contribution in [1.29, 1.82) is 0 Å². The van der Waals surface area contributed by atoms with Crippen molar-refractivity contribution in [2.75, 3.05) is 19.6 Å². The molecular formula is C22H22ClF3N4O. The molecule has 1 aromatic carbocycles. The summed E-state index contributed by atoms with van der Waals surface area (Å²) in [7, 11) is 0. The number of hydrogen-bond acceptors (Lipinski definition) is 3. The van der Waals surface area contributed by atoms with Gasteiger partial charge in [0.1, 0.15) is 11.3 Å². The minimum absolute atomic E-state index is 0.0470. The molecule has 1 saturated heterocycles. The van der Waals surface area contributed by atoms with Crippen LogP contribution in [0.4, 0.5) is 13.2 Å². The predicted octanol–water partition coefficient (Wildman–Crippen LogP) is 4.96. The Morgan fingerprint density at radius 2 is 1.81 bits per heavy atom. The second-order valence-electron chi connectivity index (χ2n) is 7.64. The number of fused-ring (bicyclic) bond motifs is 1. The Hall–Kier alpha value is -2.58. The molecule has 1 amide bonds. The highest BCUT2D eigenvalue weighted by Crippen LogP contribution is 2.29. The lowest BCUT2D eigenvalue weighted by molar-refractivity contribution is -0.140. The molecule has 1 aliphatic heterocycles. The van der Waals surface area contributed by atoms with Crippen LogP contribution in [0.25, 0.3) is 5.65 Å². The quantitative estimate of drug-likeness (QED) is 0.597. The third kappa shape index (κ3) is 4.85. The largest absolute Gasteiger partial charge is 0.434 e. The lowest BCUT2D eigenvalue weighted by Gasteiger charge is -2.35. The van der Waals surface area contributed by atoms with Gasteiger partial charge in [0.15, 0.2) is 5.69 Å². The van der Waals surface area contributed by atoms with E-state index < -0.39 is 17.8 Å². The van der Waals surface area contributed by atoms with Crippen LogP contribution in [-0.4, -0.2) is 39.8 Å². The lowest BCUT2D eigenvalue weighted by Crippen LogP contribution is -2.41. The molecule has 0 bridgehead atoms. The minimum Gasteiger partial charge on any atom is -0.349 e. The molecule has 164 valence electrons. The third-order valence-electron chi connectivity index (χ3n) is 5.56. The summed E-state index contributed by atoms with van der Waals surface area (Å²) in [5.41, 5.74) is 0.186. The predicted molar refractivity (Wildman–Crippen MR) is 112 cm³/mol. The Kier molecular flexibility index (Phi) is 6.20. The fourth-order valence-electron chi connectivity index (χ4n) is 3.99. The zero-order valence-electron chi connectivity index (χ0n) is 16.7. The number of rotatable bonds is 5. The average molecular weight is 451 g/mol. The standard InChI is InChI=1S/C22H22ClF3N4O/c23-16-9-7-15(8-10-16)18(29-11-2-1-3-12-29)13-27-21(31)17-5-4-6-20-28-19(14-30(17)20)22(24,25)26/h4-10,14,18H,1-3,11-13H2,(H,27,31). The average Bonchev–Trinajstić information content (AvgIpc) is 3.21. The van der Waals surface area contributed by atoms with Crippen LogP contribution >= 0.6 is 11.6 Å². The van der Waals surface area contributed by atoms with Gasteiger partial charge in [-0.2, -0.15) is 13.2 Å². The first-order valence-corrected chi connectivity index (χ1v) is 10.5. The summed E-state index contributed by atoms with van der Waals surface area (Å²) in [6, 6.07) is 11.9. The Labute approximate surface area is 182 Å². The van der Waals surface area contributed by atoms with Gasteiger partial charge in [-0.15, -0.1) is 0 Å². The van der Waals surface area contributed by atoms with Crippen LogP contribution in [0.1, 0.15) is 47.1 Å². The maximum Gasteiger partial charge on any atom is 0.434 e. The molecular weight excluding hydrogens is 429 g/mol. The number of hydrogen-bond donors (Lipinski definition) is 1. The monoisotopic (exact) mass is 450 g/mol. The van der Waals surface area contributed by atoms with E-state index in [0.717, 1.165) is 37.7 Å². The first kappa shape index (κ1) is 21.6. The van der Waals surface area contributed by atoms with Crippen molar-refractivity contribution in [2.45, 2.75) is 31.5 Å². The van der Waals surface area contributed by atoms with E-state index in [1.165, 1.54) is 29.0 Å². The molecule has 1 fully saturated rings. The number of benzene rings is 1. The van der Waals surface area contributed by atoms with Gasteiger partial charge in [-0.25, -0.2) is 4.98 Å². The van der Waals surface area contributed by atoms with E-state index in [-0.39, 0.29) is 17.4 Å². The number of imidazole rings is 1. The van der Waals surface area contributed by atoms with Crippen molar-refractivity contribution < 1.29 is 18.0 Å². The number of nitrogens with one attached hydrogen (secondary N) is 1. The van der Waals surface area contributed by atoms with Crippen LogP contribution in [0.15, 0.2) is 48.7 Å². The van der Waals surface area contributed by atoms with Gasteiger partial charge in [-0.1, -0.05) is 36.2 Å². The lowest BCUT2D eigenvalue weighted by atomic mass is 10.0. The Bertz CT molecular complexity index is 1060. The topological polar surface area (TPSA) is 49.6 Å². The summed E-state index contributed by atoms with van der Waals surface area (Å²) in [6.45, 7) is 2.18. The first-order valence-electron chi connectivity index (χ1n) is 10.2. The van der Waals surface area contributed by atoms with Crippen molar-refractivity contribution in [3.63, 3.8) is 0 Å². The second-order valence-corrected chi connectivity index (χ2v) is 8.07. The molecule has 1 N–H and O–H groups in total. The Morgan fingerprint density at radius 3 is 2.48 bits per heavy atom. The van der Waals surface area contributed by atoms with Crippen LogP contribution in [0, 0.1) is 0 Å². The number of likely N-dealkylation sites (tertiary alicyclic amines) is 1. The van der Waals surface area contributed by atoms with E-state index in [1.807, 2.05) is 24.3 Å². The number of aromatic nitrogens is 2. The van der Waals surface area contributed by atoms with Crippen molar-refractivity contribution in [1.82, 2.24) is 19.6 Å². The summed E-state index contributed by atoms with van der Waals surface area (Å²) in [4.78, 5) is 18.8. The molecule has 5 nitrogen and oxygen atoms in total. The van der Waals surface area contributed by atoms with Crippen LogP contribution in [0.5, 0.6) is 0 Å². The fraction of sp³-hybridized carbons (Fsp3) is 0.364. The van der Waals surface area contributed by atoms with Gasteiger partial charge in [-0.05, 0) is 55.8 Å². The van der Waals surface area contributed by atoms with Gasteiger partial charge in [-0.3, -0.25) is 14.1 Å². The molecule has 4 rings (SSSR count). The van der Waals surface area contributed by atoms with Crippen molar-refractivity contribution in [2.24, 2.45) is 0 Å². The fourth-order valence-corrected chi connectivity index (χ4v) is 4.11. The van der Waals surface area contributed by atoms with Gasteiger partial charge >= 0.3 is 6.18 Å². The number of piperidine rings is 1. The number of amides is 1. The second kappa shape index (κ2) is 8.88. The van der Waals surface area contributed by atoms with E-state index in [4.69, 9.17) is 11.6 Å². The summed E-state index contributed by atoms with van der Waals surface area (Å²) < 4.78 is 40.3. The van der Waals surface area contributed by atoms with Crippen molar-refractivity contribution in [3.05, 3.63) is 70.6 Å². The summed E-state index contributed by atoms with van der Waals surface area (Å²) in [5.74, 6) is -0.451. The number of alkyl halides is 3. The Morgan fingerprint density at radius 1 is 1.10 bits per heavy atom. The van der Waals surface area contributed by atoms with E-state index in [9.17, 15) is 18.0 Å². The van der Waals surface area contributed by atoms with Crippen molar-refractivity contribution in [3.8, 4) is 0 Å². The normalized spacial score (nSPS) is 16.4. The number of pyridine rings is 1. The summed E-state index contributed by atoms with van der Waals surface area (Å²) in [5, 5.41) is 3.54. The molecule has 2 aromatic heterocycles. The molecule has 1 unspecified atom stereocenters. The summed E-state index contributed by atoms with van der Waals surface area (Å²) in [6.07, 6.45) is -0.362. The van der Waals surface area contributed by atoms with Gasteiger partial charge < -0.3 is 5.32 Å². The molecule has 0 radical (unpaired) electrons. The number of carbonyl (C=O) groups excluding carboxylic acids is 1. The van der Waals surface area contributed by atoms with Crippen LogP contribution in [0.3, 0.4) is 0 Å². The number of carbonyl (C=O) groups is 1. The SMILES string of the molecule is O=C(NCC(c1ccc(Cl)cc1)N1CCCCC1)c1cccc2nc(C(F)(F)F)cn12. The maximum atomic E-state index is 13.0. The molecule has 1 aliphatic rings. The molecule has 0 spiro atoms. The van der Waals surface area contributed by atoms with E-state index >= 15 is 0 Å². The molecule has 0 saturated carbocycles. The molecule has 3 heterocycles. The minimum atomic E-state index is -4.58. The molecule has 31 heavy (non-hydrogen) atoms. The van der Waals surface area contributed by atoms with Crippen molar-refractivity contribution >= 4 is 23.2 Å².